The molecule has 2 aromatic rings. The Balaban J connectivity index is 1.81. The molecule has 0 spiro atoms. The molecule has 1 aromatic heterocycles. The lowest BCUT2D eigenvalue weighted by Gasteiger charge is -2.27. The van der Waals surface area contributed by atoms with Gasteiger partial charge in [0.1, 0.15) is 6.04 Å². The first-order valence-corrected chi connectivity index (χ1v) is 9.70. The molecule has 1 N–H and O–H groups in total. The number of ether oxygens (including phenoxy) is 1. The second-order valence-electron chi connectivity index (χ2n) is 6.91. The van der Waals surface area contributed by atoms with Crippen LogP contribution in [0.2, 0.25) is 0 Å². The predicted molar refractivity (Wildman–Crippen MR) is 105 cm³/mol. The molecule has 10 heteroatoms. The number of anilines is 1. The summed E-state index contributed by atoms with van der Waals surface area (Å²) >= 11 is 0. The number of tetrazole rings is 1. The molecule has 3 rings (SSSR count). The normalized spacial score (nSPS) is 15.6. The first kappa shape index (κ1) is 20.4. The maximum Gasteiger partial charge on any atom is 0.338 e. The van der Waals surface area contributed by atoms with Crippen LogP contribution in [-0.4, -0.2) is 37.7 Å². The molecule has 154 valence electrons. The number of nitrogens with one attached hydrogen (secondary N) is 1. The number of benzene rings is 1. The minimum atomic E-state index is -0.630. The first-order valence-electron chi connectivity index (χ1n) is 9.70. The highest BCUT2D eigenvalue weighted by Gasteiger charge is 2.35. The zero-order chi connectivity index (χ0) is 20.8. The summed E-state index contributed by atoms with van der Waals surface area (Å²) in [4.78, 5) is 23.4. The second kappa shape index (κ2) is 9.26. The molecular formula is C19H24N6O4. The lowest BCUT2D eigenvalue weighted by Crippen LogP contribution is -2.29. The summed E-state index contributed by atoms with van der Waals surface area (Å²) in [6.45, 7) is 4.25. The molecular weight excluding hydrogens is 376 g/mol. The van der Waals surface area contributed by atoms with Gasteiger partial charge in [0.05, 0.1) is 17.1 Å². The molecule has 0 saturated heterocycles. The second-order valence-corrected chi connectivity index (χ2v) is 6.91. The summed E-state index contributed by atoms with van der Waals surface area (Å²) in [5, 5.41) is 25.6. The van der Waals surface area contributed by atoms with E-state index in [1.807, 2.05) is 0 Å². The summed E-state index contributed by atoms with van der Waals surface area (Å²) < 4.78 is 6.99. The van der Waals surface area contributed by atoms with Crippen molar-refractivity contribution in [1.82, 2.24) is 20.2 Å². The predicted octanol–water partition coefficient (Wildman–Crippen LogP) is 3.38. The van der Waals surface area contributed by atoms with Gasteiger partial charge >= 0.3 is 5.97 Å². The maximum absolute atomic E-state index is 12.9. The molecule has 0 bridgehead atoms. The van der Waals surface area contributed by atoms with Crippen molar-refractivity contribution in [3.63, 3.8) is 0 Å². The van der Waals surface area contributed by atoms with Crippen molar-refractivity contribution < 1.29 is 14.5 Å². The lowest BCUT2D eigenvalue weighted by atomic mass is 9.95. The number of hydrogen-bond donors (Lipinski definition) is 1. The Kier molecular flexibility index (Phi) is 6.53. The van der Waals surface area contributed by atoms with Crippen LogP contribution in [0.25, 0.3) is 0 Å². The molecule has 1 aromatic carbocycles. The van der Waals surface area contributed by atoms with Gasteiger partial charge in [-0.05, 0) is 41.5 Å². The zero-order valence-electron chi connectivity index (χ0n) is 16.5. The lowest BCUT2D eigenvalue weighted by molar-refractivity contribution is -0.384. The van der Waals surface area contributed by atoms with Crippen molar-refractivity contribution in [3.8, 4) is 0 Å². The molecule has 1 unspecified atom stereocenters. The Labute approximate surface area is 168 Å². The van der Waals surface area contributed by atoms with Crippen LogP contribution in [-0.2, 0) is 9.53 Å². The van der Waals surface area contributed by atoms with Crippen molar-refractivity contribution in [2.75, 3.05) is 11.9 Å². The van der Waals surface area contributed by atoms with Gasteiger partial charge in [0.15, 0.2) is 0 Å². The van der Waals surface area contributed by atoms with E-state index in [1.54, 1.807) is 19.1 Å². The van der Waals surface area contributed by atoms with E-state index in [-0.39, 0.29) is 5.69 Å². The topological polar surface area (TPSA) is 125 Å². The van der Waals surface area contributed by atoms with Crippen molar-refractivity contribution >= 4 is 17.6 Å². The third-order valence-corrected chi connectivity index (χ3v) is 4.83. The third-order valence-electron chi connectivity index (χ3n) is 4.83. The Bertz CT molecular complexity index is 906. The molecule has 1 atom stereocenters. The van der Waals surface area contributed by atoms with Crippen molar-refractivity contribution in [2.45, 2.75) is 52.0 Å². The van der Waals surface area contributed by atoms with E-state index in [9.17, 15) is 14.9 Å². The minimum absolute atomic E-state index is 0.0310. The molecule has 10 nitrogen and oxygen atoms in total. The fraction of sp³-hybridized carbons (Fsp3) is 0.474. The van der Waals surface area contributed by atoms with Crippen LogP contribution >= 0.6 is 0 Å². The molecule has 0 radical (unpaired) electrons. The number of esters is 1. The average molecular weight is 400 g/mol. The number of nitro benzene ring substituents is 1. The van der Waals surface area contributed by atoms with E-state index in [2.05, 4.69) is 27.8 Å². The third kappa shape index (κ3) is 4.58. The average Bonchev–Trinajstić information content (AvgIpc) is 3.17. The van der Waals surface area contributed by atoms with E-state index < -0.39 is 16.9 Å². The molecule has 0 aliphatic carbocycles. The van der Waals surface area contributed by atoms with Crippen LogP contribution in [0, 0.1) is 10.1 Å². The smallest absolute Gasteiger partial charge is 0.338 e. The summed E-state index contributed by atoms with van der Waals surface area (Å²) in [6, 6.07) is 5.37. The van der Waals surface area contributed by atoms with Gasteiger partial charge in [-0.25, -0.2) is 4.79 Å². The van der Waals surface area contributed by atoms with Crippen LogP contribution in [0.4, 0.5) is 11.6 Å². The van der Waals surface area contributed by atoms with Gasteiger partial charge in [-0.1, -0.05) is 37.7 Å². The van der Waals surface area contributed by atoms with Crippen LogP contribution < -0.4 is 5.32 Å². The van der Waals surface area contributed by atoms with Gasteiger partial charge in [0.25, 0.3) is 5.69 Å². The van der Waals surface area contributed by atoms with Crippen LogP contribution in [0.1, 0.15) is 57.6 Å². The Morgan fingerprint density at radius 1 is 1.24 bits per heavy atom. The molecule has 0 amide bonds. The largest absolute Gasteiger partial charge is 0.462 e. The van der Waals surface area contributed by atoms with Crippen LogP contribution in [0.3, 0.4) is 0 Å². The van der Waals surface area contributed by atoms with Crippen LogP contribution in [0.5, 0.6) is 0 Å². The number of non-ortho nitro benzene ring substituents is 1. The molecule has 29 heavy (non-hydrogen) atoms. The van der Waals surface area contributed by atoms with E-state index >= 15 is 0 Å². The number of nitro groups is 1. The number of hydrogen-bond acceptors (Lipinski definition) is 8. The number of aromatic nitrogens is 4. The number of allylic oxidation sites excluding steroid dienone is 1. The summed E-state index contributed by atoms with van der Waals surface area (Å²) in [5.41, 5.74) is 1.59. The monoisotopic (exact) mass is 400 g/mol. The highest BCUT2D eigenvalue weighted by molar-refractivity contribution is 5.92. The highest BCUT2D eigenvalue weighted by Crippen LogP contribution is 2.35. The summed E-state index contributed by atoms with van der Waals surface area (Å²) in [7, 11) is 0. The van der Waals surface area contributed by atoms with Crippen molar-refractivity contribution in [1.29, 1.82) is 0 Å². The Hall–Kier alpha value is -3.30. The van der Waals surface area contributed by atoms with Gasteiger partial charge in [-0.3, -0.25) is 10.1 Å². The number of rotatable bonds is 9. The standard InChI is InChI=1S/C19H24N6O4/c1-3-4-5-6-7-12-29-18(26)16-13(2)20-19-21-22-23-24(19)17(16)14-8-10-15(11-9-14)25(27)28/h8-11,17H,3-7,12H2,1-2H3,(H,20,21,23). The van der Waals surface area contributed by atoms with Gasteiger partial charge in [0, 0.05) is 17.8 Å². The van der Waals surface area contributed by atoms with E-state index in [0.717, 1.165) is 25.7 Å². The molecule has 2 heterocycles. The minimum Gasteiger partial charge on any atom is -0.462 e. The summed E-state index contributed by atoms with van der Waals surface area (Å²) in [6.07, 6.45) is 5.27. The fourth-order valence-electron chi connectivity index (χ4n) is 3.31. The molecule has 0 saturated carbocycles. The van der Waals surface area contributed by atoms with Gasteiger partial charge in [-0.2, -0.15) is 4.68 Å². The molecule has 1 aliphatic rings. The fourth-order valence-corrected chi connectivity index (χ4v) is 3.31. The number of unbranched alkanes of at least 4 members (excludes halogenated alkanes) is 4. The Morgan fingerprint density at radius 2 is 1.97 bits per heavy atom. The quantitative estimate of drug-likeness (QED) is 0.294. The van der Waals surface area contributed by atoms with Gasteiger partial charge in [0.2, 0.25) is 5.95 Å². The van der Waals surface area contributed by atoms with Gasteiger partial charge in [-0.15, -0.1) is 0 Å². The maximum atomic E-state index is 12.9. The SMILES string of the molecule is CCCCCCCOC(=O)C1=C(C)Nc2nnnn2C1c1ccc([N+](=O)[O-])cc1. The van der Waals surface area contributed by atoms with E-state index in [0.29, 0.717) is 29.4 Å². The molecule has 0 fully saturated rings. The van der Waals surface area contributed by atoms with Crippen molar-refractivity contribution in [2.24, 2.45) is 0 Å². The zero-order valence-corrected chi connectivity index (χ0v) is 16.5. The number of nitrogens with zero attached hydrogens (tertiary/aromatic N) is 5. The number of fused-ring (bicyclic) bond motifs is 1. The first-order chi connectivity index (χ1) is 14.0. The van der Waals surface area contributed by atoms with E-state index in [4.69, 9.17) is 4.74 Å². The van der Waals surface area contributed by atoms with E-state index in [1.165, 1.54) is 23.2 Å². The highest BCUT2D eigenvalue weighted by atomic mass is 16.6. The van der Waals surface area contributed by atoms with Crippen LogP contribution in [0.15, 0.2) is 35.5 Å². The number of carbonyl (C=O) groups excluding carboxylic acids is 1. The molecule has 1 aliphatic heterocycles. The number of carbonyl (C=O) groups is 1. The Morgan fingerprint density at radius 3 is 2.66 bits per heavy atom. The van der Waals surface area contributed by atoms with Crippen molar-refractivity contribution in [3.05, 3.63) is 51.2 Å². The summed E-state index contributed by atoms with van der Waals surface area (Å²) in [5.74, 6) is -0.0584. The van der Waals surface area contributed by atoms with Gasteiger partial charge < -0.3 is 10.1 Å².